The molecule has 2 aromatic rings. The standard InChI is InChI=1S/C16H21NOS/c1-17-15(9-8-12-5-4-10-18-12)14-11-19-16-7-3-2-6-13(14)16/h2-3,6-7,11-12,15,17H,4-5,8-10H2,1H3. The molecule has 102 valence electrons. The van der Waals surface area contributed by atoms with E-state index < -0.39 is 0 Å². The summed E-state index contributed by atoms with van der Waals surface area (Å²) in [6.45, 7) is 0.955. The lowest BCUT2D eigenvalue weighted by atomic mass is 9.99. The van der Waals surface area contributed by atoms with E-state index in [9.17, 15) is 0 Å². The molecule has 0 spiro atoms. The summed E-state index contributed by atoms with van der Waals surface area (Å²) in [4.78, 5) is 0. The Bertz CT molecular complexity index is 530. The highest BCUT2D eigenvalue weighted by molar-refractivity contribution is 7.17. The Morgan fingerprint density at radius 1 is 1.42 bits per heavy atom. The first-order chi connectivity index (χ1) is 9.38. The van der Waals surface area contributed by atoms with Crippen LogP contribution in [-0.4, -0.2) is 19.8 Å². The highest BCUT2D eigenvalue weighted by Gasteiger charge is 2.19. The summed E-state index contributed by atoms with van der Waals surface area (Å²) in [5, 5.41) is 7.18. The molecule has 3 heteroatoms. The molecule has 1 aliphatic rings. The quantitative estimate of drug-likeness (QED) is 0.886. The molecule has 0 aliphatic carbocycles. The van der Waals surface area contributed by atoms with Crippen LogP contribution in [-0.2, 0) is 4.74 Å². The number of ether oxygens (including phenoxy) is 1. The molecule has 2 nitrogen and oxygen atoms in total. The zero-order chi connectivity index (χ0) is 13.1. The van der Waals surface area contributed by atoms with Gasteiger partial charge in [0.05, 0.1) is 6.10 Å². The summed E-state index contributed by atoms with van der Waals surface area (Å²) in [6, 6.07) is 9.13. The maximum atomic E-state index is 5.73. The van der Waals surface area contributed by atoms with Crippen LogP contribution in [0.5, 0.6) is 0 Å². The van der Waals surface area contributed by atoms with Crippen molar-refractivity contribution in [2.24, 2.45) is 0 Å². The van der Waals surface area contributed by atoms with Crippen molar-refractivity contribution in [3.8, 4) is 0 Å². The van der Waals surface area contributed by atoms with Crippen LogP contribution in [0.25, 0.3) is 10.1 Å². The zero-order valence-corrected chi connectivity index (χ0v) is 12.2. The third-order valence-corrected chi connectivity index (χ3v) is 5.02. The van der Waals surface area contributed by atoms with Crippen molar-refractivity contribution in [3.05, 3.63) is 35.2 Å². The molecule has 1 N–H and O–H groups in total. The fourth-order valence-electron chi connectivity index (χ4n) is 2.95. The van der Waals surface area contributed by atoms with Crippen LogP contribution in [0.1, 0.15) is 37.3 Å². The van der Waals surface area contributed by atoms with Crippen molar-refractivity contribution in [2.75, 3.05) is 13.7 Å². The SMILES string of the molecule is CNC(CCC1CCCO1)c1csc2ccccc12. The molecule has 0 saturated carbocycles. The first-order valence-corrected chi connectivity index (χ1v) is 8.01. The van der Waals surface area contributed by atoms with Crippen molar-refractivity contribution in [1.82, 2.24) is 5.32 Å². The minimum absolute atomic E-state index is 0.445. The molecule has 0 bridgehead atoms. The van der Waals surface area contributed by atoms with Gasteiger partial charge in [-0.15, -0.1) is 11.3 Å². The van der Waals surface area contributed by atoms with Crippen molar-refractivity contribution in [2.45, 2.75) is 37.8 Å². The van der Waals surface area contributed by atoms with E-state index in [2.05, 4.69) is 42.0 Å². The van der Waals surface area contributed by atoms with Gasteiger partial charge in [-0.1, -0.05) is 18.2 Å². The number of thiophene rings is 1. The van der Waals surface area contributed by atoms with Crippen molar-refractivity contribution in [1.29, 1.82) is 0 Å². The molecule has 1 saturated heterocycles. The summed E-state index contributed by atoms with van der Waals surface area (Å²) in [5.41, 5.74) is 1.45. The molecular weight excluding hydrogens is 254 g/mol. The first-order valence-electron chi connectivity index (χ1n) is 7.13. The van der Waals surface area contributed by atoms with Gasteiger partial charge in [0.15, 0.2) is 0 Å². The van der Waals surface area contributed by atoms with E-state index in [4.69, 9.17) is 4.74 Å². The van der Waals surface area contributed by atoms with Crippen LogP contribution in [0.15, 0.2) is 29.6 Å². The molecule has 2 heterocycles. The van der Waals surface area contributed by atoms with Crippen LogP contribution in [0.2, 0.25) is 0 Å². The van der Waals surface area contributed by atoms with Gasteiger partial charge >= 0.3 is 0 Å². The van der Waals surface area contributed by atoms with Gasteiger partial charge in [-0.2, -0.15) is 0 Å². The second-order valence-electron chi connectivity index (χ2n) is 5.24. The van der Waals surface area contributed by atoms with E-state index in [0.29, 0.717) is 12.1 Å². The average molecular weight is 275 g/mol. The minimum Gasteiger partial charge on any atom is -0.378 e. The Kier molecular flexibility index (Phi) is 4.16. The molecule has 1 aromatic heterocycles. The molecule has 19 heavy (non-hydrogen) atoms. The Morgan fingerprint density at radius 2 is 2.32 bits per heavy atom. The predicted octanol–water partition coefficient (Wildman–Crippen LogP) is 4.12. The second-order valence-corrected chi connectivity index (χ2v) is 6.15. The largest absolute Gasteiger partial charge is 0.378 e. The zero-order valence-electron chi connectivity index (χ0n) is 11.4. The van der Waals surface area contributed by atoms with Gasteiger partial charge in [-0.3, -0.25) is 0 Å². The lowest BCUT2D eigenvalue weighted by Gasteiger charge is -2.18. The number of rotatable bonds is 5. The maximum Gasteiger partial charge on any atom is 0.0576 e. The molecule has 1 aliphatic heterocycles. The lowest BCUT2D eigenvalue weighted by molar-refractivity contribution is 0.0999. The third-order valence-electron chi connectivity index (χ3n) is 4.04. The lowest BCUT2D eigenvalue weighted by Crippen LogP contribution is -2.18. The van der Waals surface area contributed by atoms with Crippen molar-refractivity contribution in [3.63, 3.8) is 0 Å². The third kappa shape index (κ3) is 2.83. The second kappa shape index (κ2) is 6.04. The smallest absolute Gasteiger partial charge is 0.0576 e. The van der Waals surface area contributed by atoms with Crippen molar-refractivity contribution < 1.29 is 4.74 Å². The van der Waals surface area contributed by atoms with Crippen molar-refractivity contribution >= 4 is 21.4 Å². The van der Waals surface area contributed by atoms with Gasteiger partial charge in [0.2, 0.25) is 0 Å². The van der Waals surface area contributed by atoms with Crippen LogP contribution >= 0.6 is 11.3 Å². The summed E-state index contributed by atoms with van der Waals surface area (Å²) < 4.78 is 7.11. The maximum absolute atomic E-state index is 5.73. The normalized spacial score (nSPS) is 21.0. The van der Waals surface area contributed by atoms with E-state index in [1.54, 1.807) is 0 Å². The minimum atomic E-state index is 0.445. The number of benzene rings is 1. The van der Waals surface area contributed by atoms with Gasteiger partial charge in [0, 0.05) is 17.3 Å². The average Bonchev–Trinajstić information content (AvgIpc) is 3.09. The monoisotopic (exact) mass is 275 g/mol. The Hall–Kier alpha value is -0.900. The first kappa shape index (κ1) is 13.1. The Morgan fingerprint density at radius 3 is 3.11 bits per heavy atom. The van der Waals surface area contributed by atoms with E-state index >= 15 is 0 Å². The van der Waals surface area contributed by atoms with Gasteiger partial charge in [0.1, 0.15) is 0 Å². The van der Waals surface area contributed by atoms with E-state index in [1.165, 1.54) is 28.5 Å². The molecule has 1 fully saturated rings. The molecule has 2 unspecified atom stereocenters. The predicted molar refractivity (Wildman–Crippen MR) is 81.8 cm³/mol. The summed E-state index contributed by atoms with van der Waals surface area (Å²) in [6.07, 6.45) is 5.27. The van der Waals surface area contributed by atoms with Crippen LogP contribution in [0.4, 0.5) is 0 Å². The Labute approximate surface area is 118 Å². The number of hydrogen-bond donors (Lipinski definition) is 1. The number of fused-ring (bicyclic) bond motifs is 1. The molecular formula is C16H21NOS. The summed E-state index contributed by atoms with van der Waals surface area (Å²) in [7, 11) is 2.06. The van der Waals surface area contributed by atoms with Gasteiger partial charge < -0.3 is 10.1 Å². The fourth-order valence-corrected chi connectivity index (χ4v) is 3.96. The van der Waals surface area contributed by atoms with Crippen LogP contribution < -0.4 is 5.32 Å². The molecule has 3 rings (SSSR count). The fraction of sp³-hybridized carbons (Fsp3) is 0.500. The van der Waals surface area contributed by atoms with Crippen LogP contribution in [0.3, 0.4) is 0 Å². The Balaban J connectivity index is 1.73. The summed E-state index contributed by atoms with van der Waals surface area (Å²) in [5.74, 6) is 0. The number of hydrogen-bond acceptors (Lipinski definition) is 3. The molecule has 0 radical (unpaired) electrons. The molecule has 2 atom stereocenters. The highest BCUT2D eigenvalue weighted by atomic mass is 32.1. The number of nitrogens with one attached hydrogen (secondary N) is 1. The van der Waals surface area contributed by atoms with Gasteiger partial charge in [-0.25, -0.2) is 0 Å². The van der Waals surface area contributed by atoms with E-state index in [1.807, 2.05) is 11.3 Å². The van der Waals surface area contributed by atoms with Crippen LogP contribution in [0, 0.1) is 0 Å². The summed E-state index contributed by atoms with van der Waals surface area (Å²) >= 11 is 1.84. The highest BCUT2D eigenvalue weighted by Crippen LogP contribution is 2.33. The van der Waals surface area contributed by atoms with Gasteiger partial charge in [-0.05, 0) is 55.1 Å². The molecule has 0 amide bonds. The molecule has 1 aromatic carbocycles. The van der Waals surface area contributed by atoms with Gasteiger partial charge in [0.25, 0.3) is 0 Å². The topological polar surface area (TPSA) is 21.3 Å². The van der Waals surface area contributed by atoms with E-state index in [0.717, 1.165) is 19.4 Å². The van der Waals surface area contributed by atoms with E-state index in [-0.39, 0.29) is 0 Å².